The summed E-state index contributed by atoms with van der Waals surface area (Å²) in [5, 5.41) is 0. The quantitative estimate of drug-likeness (QED) is 0.633. The standard InChI is InChI=1S/C5H9F3O2S/c1-4(5(2,6)7)3-11(8,9)10/h4H,3H2,1-2H3. The van der Waals surface area contributed by atoms with Crippen LogP contribution in [0.2, 0.25) is 0 Å². The Morgan fingerprint density at radius 3 is 1.91 bits per heavy atom. The molecular formula is C5H9F3O2S. The summed E-state index contributed by atoms with van der Waals surface area (Å²) in [5.41, 5.74) is 0. The normalized spacial score (nSPS) is 16.5. The fourth-order valence-corrected chi connectivity index (χ4v) is 1.33. The summed E-state index contributed by atoms with van der Waals surface area (Å²) in [4.78, 5) is 0. The predicted octanol–water partition coefficient (Wildman–Crippen LogP) is 1.58. The first-order valence-electron chi connectivity index (χ1n) is 2.93. The number of alkyl halides is 2. The molecule has 1 unspecified atom stereocenters. The van der Waals surface area contributed by atoms with Crippen molar-refractivity contribution in [3.63, 3.8) is 0 Å². The first kappa shape index (κ1) is 10.7. The van der Waals surface area contributed by atoms with Crippen molar-refractivity contribution in [3.8, 4) is 0 Å². The van der Waals surface area contributed by atoms with Crippen LogP contribution in [0, 0.1) is 5.92 Å². The fraction of sp³-hybridized carbons (Fsp3) is 1.00. The van der Waals surface area contributed by atoms with E-state index in [1.165, 1.54) is 0 Å². The van der Waals surface area contributed by atoms with Crippen LogP contribution in [0.5, 0.6) is 0 Å². The molecule has 0 aliphatic carbocycles. The third kappa shape index (κ3) is 5.06. The zero-order chi connectivity index (χ0) is 9.28. The minimum Gasteiger partial charge on any atom is -0.207 e. The third-order valence-corrected chi connectivity index (χ3v) is 2.21. The Morgan fingerprint density at radius 2 is 1.82 bits per heavy atom. The van der Waals surface area contributed by atoms with Gasteiger partial charge in [-0.3, -0.25) is 0 Å². The molecule has 0 amide bonds. The number of hydrogen-bond donors (Lipinski definition) is 0. The van der Waals surface area contributed by atoms with Gasteiger partial charge >= 0.3 is 10.2 Å². The first-order valence-corrected chi connectivity index (χ1v) is 4.48. The van der Waals surface area contributed by atoms with Crippen molar-refractivity contribution in [2.75, 3.05) is 5.75 Å². The molecule has 2 nitrogen and oxygen atoms in total. The Hall–Kier alpha value is -0.260. The summed E-state index contributed by atoms with van der Waals surface area (Å²) >= 11 is 0. The number of halogens is 3. The second kappa shape index (κ2) is 3.00. The molecule has 0 aromatic heterocycles. The van der Waals surface area contributed by atoms with Gasteiger partial charge in [-0.2, -0.15) is 8.42 Å². The highest BCUT2D eigenvalue weighted by Crippen LogP contribution is 2.24. The van der Waals surface area contributed by atoms with E-state index in [0.29, 0.717) is 6.92 Å². The highest BCUT2D eigenvalue weighted by Gasteiger charge is 2.33. The average molecular weight is 190 g/mol. The lowest BCUT2D eigenvalue weighted by Gasteiger charge is -2.16. The van der Waals surface area contributed by atoms with E-state index in [4.69, 9.17) is 0 Å². The van der Waals surface area contributed by atoms with Crippen LogP contribution in [0.15, 0.2) is 0 Å². The lowest BCUT2D eigenvalue weighted by Crippen LogP contribution is -2.27. The van der Waals surface area contributed by atoms with Crippen LogP contribution in [0.3, 0.4) is 0 Å². The fourth-order valence-electron chi connectivity index (χ4n) is 0.445. The number of rotatable bonds is 3. The molecule has 0 rings (SSSR count). The van der Waals surface area contributed by atoms with Crippen LogP contribution < -0.4 is 0 Å². The predicted molar refractivity (Wildman–Crippen MR) is 34.7 cm³/mol. The summed E-state index contributed by atoms with van der Waals surface area (Å²) < 4.78 is 56.0. The molecule has 0 radical (unpaired) electrons. The van der Waals surface area contributed by atoms with Gasteiger partial charge in [0.2, 0.25) is 5.92 Å². The summed E-state index contributed by atoms with van der Waals surface area (Å²) in [6, 6.07) is 0. The molecule has 0 aromatic rings. The van der Waals surface area contributed by atoms with Gasteiger partial charge in [0.15, 0.2) is 0 Å². The number of hydrogen-bond acceptors (Lipinski definition) is 2. The molecule has 0 saturated carbocycles. The highest BCUT2D eigenvalue weighted by atomic mass is 32.3. The second-order valence-electron chi connectivity index (χ2n) is 2.56. The van der Waals surface area contributed by atoms with Gasteiger partial charge in [0.25, 0.3) is 0 Å². The Balaban J connectivity index is 4.21. The molecule has 0 aliphatic heterocycles. The van der Waals surface area contributed by atoms with E-state index in [1.54, 1.807) is 0 Å². The molecule has 0 heterocycles. The topological polar surface area (TPSA) is 34.1 Å². The van der Waals surface area contributed by atoms with Crippen molar-refractivity contribution in [1.29, 1.82) is 0 Å². The third-order valence-electron chi connectivity index (χ3n) is 1.31. The molecular weight excluding hydrogens is 181 g/mol. The van der Waals surface area contributed by atoms with E-state index < -0.39 is 27.8 Å². The van der Waals surface area contributed by atoms with Gasteiger partial charge in [-0.15, -0.1) is 3.89 Å². The Labute approximate surface area is 63.6 Å². The smallest absolute Gasteiger partial charge is 0.207 e. The van der Waals surface area contributed by atoms with Gasteiger partial charge in [0.05, 0.1) is 5.75 Å². The van der Waals surface area contributed by atoms with E-state index in [1.807, 2.05) is 0 Å². The van der Waals surface area contributed by atoms with E-state index in [-0.39, 0.29) is 0 Å². The van der Waals surface area contributed by atoms with Crippen LogP contribution in [-0.4, -0.2) is 20.1 Å². The molecule has 68 valence electrons. The van der Waals surface area contributed by atoms with Crippen LogP contribution in [0.4, 0.5) is 12.7 Å². The van der Waals surface area contributed by atoms with Crippen molar-refractivity contribution in [2.45, 2.75) is 19.8 Å². The lowest BCUT2D eigenvalue weighted by molar-refractivity contribution is -0.0241. The Morgan fingerprint density at radius 1 is 1.45 bits per heavy atom. The van der Waals surface area contributed by atoms with E-state index >= 15 is 0 Å². The van der Waals surface area contributed by atoms with Crippen LogP contribution in [-0.2, 0) is 10.2 Å². The average Bonchev–Trinajstić information content (AvgIpc) is 1.56. The minimum absolute atomic E-state index is 0.558. The molecule has 11 heavy (non-hydrogen) atoms. The molecule has 0 bridgehead atoms. The maximum Gasteiger partial charge on any atom is 0.302 e. The first-order chi connectivity index (χ1) is 4.63. The summed E-state index contributed by atoms with van der Waals surface area (Å²) in [7, 11) is -4.79. The Bertz CT molecular complexity index is 216. The molecule has 1 atom stereocenters. The van der Waals surface area contributed by atoms with Gasteiger partial charge in [-0.1, -0.05) is 6.92 Å². The van der Waals surface area contributed by atoms with Crippen LogP contribution >= 0.6 is 0 Å². The Kier molecular flexibility index (Phi) is 2.93. The highest BCUT2D eigenvalue weighted by molar-refractivity contribution is 7.86. The summed E-state index contributed by atoms with van der Waals surface area (Å²) in [6.45, 7) is 1.54. The van der Waals surface area contributed by atoms with Gasteiger partial charge in [0, 0.05) is 5.92 Å². The monoisotopic (exact) mass is 190 g/mol. The molecule has 0 aliphatic rings. The van der Waals surface area contributed by atoms with Gasteiger partial charge in [-0.25, -0.2) is 8.78 Å². The lowest BCUT2D eigenvalue weighted by atomic mass is 10.1. The molecule has 0 saturated heterocycles. The minimum atomic E-state index is -4.79. The zero-order valence-electron chi connectivity index (χ0n) is 6.14. The van der Waals surface area contributed by atoms with E-state index in [9.17, 15) is 21.1 Å². The van der Waals surface area contributed by atoms with Crippen molar-refractivity contribution in [3.05, 3.63) is 0 Å². The van der Waals surface area contributed by atoms with Gasteiger partial charge in [-0.05, 0) is 6.92 Å². The van der Waals surface area contributed by atoms with E-state index in [0.717, 1.165) is 6.92 Å². The summed E-state index contributed by atoms with van der Waals surface area (Å²) in [6.07, 6.45) is 0. The van der Waals surface area contributed by atoms with Crippen molar-refractivity contribution >= 4 is 10.2 Å². The molecule has 0 aromatic carbocycles. The van der Waals surface area contributed by atoms with Crippen molar-refractivity contribution in [2.24, 2.45) is 5.92 Å². The van der Waals surface area contributed by atoms with Gasteiger partial charge < -0.3 is 0 Å². The molecule has 6 heteroatoms. The molecule has 0 fully saturated rings. The van der Waals surface area contributed by atoms with Crippen molar-refractivity contribution in [1.82, 2.24) is 0 Å². The van der Waals surface area contributed by atoms with Crippen LogP contribution in [0.1, 0.15) is 13.8 Å². The second-order valence-corrected chi connectivity index (χ2v) is 3.97. The molecule has 0 N–H and O–H groups in total. The largest absolute Gasteiger partial charge is 0.302 e. The van der Waals surface area contributed by atoms with Gasteiger partial charge in [0.1, 0.15) is 0 Å². The maximum absolute atomic E-state index is 12.2. The SMILES string of the molecule is CC(CS(=O)(=O)F)C(C)(F)F. The zero-order valence-corrected chi connectivity index (χ0v) is 6.96. The molecule has 0 spiro atoms. The van der Waals surface area contributed by atoms with E-state index in [2.05, 4.69) is 0 Å². The van der Waals surface area contributed by atoms with Crippen molar-refractivity contribution < 1.29 is 21.1 Å². The van der Waals surface area contributed by atoms with Crippen LogP contribution in [0.25, 0.3) is 0 Å². The summed E-state index contributed by atoms with van der Waals surface area (Å²) in [5.74, 6) is -5.77. The maximum atomic E-state index is 12.2.